The third-order valence-corrected chi connectivity index (χ3v) is 2.69. The molecular weight excluding hydrogens is 216 g/mol. The number of aromatic nitrogens is 1. The van der Waals surface area contributed by atoms with Gasteiger partial charge in [0.1, 0.15) is 5.84 Å². The van der Waals surface area contributed by atoms with Gasteiger partial charge in [0.25, 0.3) is 0 Å². The monoisotopic (exact) mass is 236 g/mol. The van der Waals surface area contributed by atoms with Crippen molar-refractivity contribution in [2.24, 2.45) is 10.9 Å². The Bertz CT molecular complexity index is 353. The number of rotatable bonds is 6. The molecule has 1 aromatic rings. The van der Waals surface area contributed by atoms with Crippen LogP contribution in [0.4, 0.5) is 0 Å². The highest BCUT2D eigenvalue weighted by Gasteiger charge is 2.13. The second kappa shape index (κ2) is 6.85. The lowest BCUT2D eigenvalue weighted by molar-refractivity contribution is 0.314. The highest BCUT2D eigenvalue weighted by atomic mass is 16.4. The lowest BCUT2D eigenvalue weighted by Gasteiger charge is -2.21. The molecule has 94 valence electrons. The van der Waals surface area contributed by atoms with Crippen LogP contribution in [0.15, 0.2) is 29.6 Å². The van der Waals surface area contributed by atoms with Crippen LogP contribution in [0.2, 0.25) is 0 Å². The number of hydrogen-bond acceptors (Lipinski definition) is 4. The first-order valence-corrected chi connectivity index (χ1v) is 5.80. The topological polar surface area (TPSA) is 83.5 Å². The van der Waals surface area contributed by atoms with Gasteiger partial charge in [-0.2, -0.15) is 0 Å². The van der Waals surface area contributed by atoms with E-state index in [4.69, 9.17) is 10.9 Å². The minimum Gasteiger partial charge on any atom is -0.409 e. The molecule has 5 nitrogen and oxygen atoms in total. The summed E-state index contributed by atoms with van der Waals surface area (Å²) < 4.78 is 0. The minimum atomic E-state index is 0.146. The van der Waals surface area contributed by atoms with Crippen molar-refractivity contribution in [2.75, 3.05) is 0 Å². The molecule has 5 heteroatoms. The fourth-order valence-corrected chi connectivity index (χ4v) is 1.69. The average molecular weight is 236 g/mol. The van der Waals surface area contributed by atoms with Gasteiger partial charge in [0.05, 0.1) is 5.69 Å². The predicted molar refractivity (Wildman–Crippen MR) is 67.9 cm³/mol. The van der Waals surface area contributed by atoms with E-state index < -0.39 is 0 Å². The van der Waals surface area contributed by atoms with Gasteiger partial charge in [-0.25, -0.2) is 0 Å². The third-order valence-electron chi connectivity index (χ3n) is 2.69. The average Bonchev–Trinajstić information content (AvgIpc) is 2.38. The first-order valence-electron chi connectivity index (χ1n) is 5.80. The molecule has 0 aliphatic heterocycles. The van der Waals surface area contributed by atoms with Crippen molar-refractivity contribution < 1.29 is 5.21 Å². The zero-order valence-corrected chi connectivity index (χ0v) is 10.3. The molecule has 0 aliphatic rings. The minimum absolute atomic E-state index is 0.146. The molecular formula is C12H20N4O. The molecule has 0 saturated carbocycles. The summed E-state index contributed by atoms with van der Waals surface area (Å²) in [5.41, 5.74) is 6.50. The van der Waals surface area contributed by atoms with Crippen LogP contribution in [0.1, 0.15) is 38.4 Å². The summed E-state index contributed by atoms with van der Waals surface area (Å²) in [6.45, 7) is 4.12. The van der Waals surface area contributed by atoms with Crippen molar-refractivity contribution in [3.8, 4) is 0 Å². The molecule has 17 heavy (non-hydrogen) atoms. The Labute approximate surface area is 102 Å². The summed E-state index contributed by atoms with van der Waals surface area (Å²) in [5, 5.41) is 15.0. The summed E-state index contributed by atoms with van der Waals surface area (Å²) in [4.78, 5) is 4.29. The van der Waals surface area contributed by atoms with Crippen molar-refractivity contribution in [1.82, 2.24) is 10.3 Å². The lowest BCUT2D eigenvalue weighted by atomic mass is 10.1. The van der Waals surface area contributed by atoms with E-state index >= 15 is 0 Å². The van der Waals surface area contributed by atoms with Gasteiger partial charge in [-0.15, -0.1) is 0 Å². The van der Waals surface area contributed by atoms with Crippen molar-refractivity contribution in [1.29, 1.82) is 0 Å². The van der Waals surface area contributed by atoms with Gasteiger partial charge in [0, 0.05) is 24.7 Å². The van der Waals surface area contributed by atoms with Crippen LogP contribution < -0.4 is 11.1 Å². The molecule has 4 N–H and O–H groups in total. The molecule has 1 rings (SSSR count). The van der Waals surface area contributed by atoms with Crippen LogP contribution in [0.5, 0.6) is 0 Å². The highest BCUT2D eigenvalue weighted by molar-refractivity contribution is 5.80. The second-order valence-corrected chi connectivity index (χ2v) is 4.04. The Morgan fingerprint density at radius 3 is 2.88 bits per heavy atom. The largest absolute Gasteiger partial charge is 0.409 e. The number of hydrogen-bond donors (Lipinski definition) is 3. The molecule has 0 saturated heterocycles. The van der Waals surface area contributed by atoms with E-state index in [-0.39, 0.29) is 17.9 Å². The Morgan fingerprint density at radius 2 is 2.35 bits per heavy atom. The van der Waals surface area contributed by atoms with Gasteiger partial charge in [-0.05, 0) is 25.5 Å². The zero-order valence-electron chi connectivity index (χ0n) is 10.3. The summed E-state index contributed by atoms with van der Waals surface area (Å²) >= 11 is 0. The van der Waals surface area contributed by atoms with Gasteiger partial charge >= 0.3 is 0 Å². The summed E-state index contributed by atoms with van der Waals surface area (Å²) in [7, 11) is 0. The molecule has 0 bridgehead atoms. The molecule has 2 atom stereocenters. The smallest absolute Gasteiger partial charge is 0.140 e. The molecule has 1 heterocycles. The van der Waals surface area contributed by atoms with Crippen molar-refractivity contribution in [2.45, 2.75) is 38.8 Å². The van der Waals surface area contributed by atoms with Gasteiger partial charge in [0.2, 0.25) is 0 Å². The molecule has 0 aromatic carbocycles. The molecule has 0 aliphatic carbocycles. The van der Waals surface area contributed by atoms with Gasteiger partial charge in [-0.3, -0.25) is 4.98 Å². The summed E-state index contributed by atoms with van der Waals surface area (Å²) in [6.07, 6.45) is 3.22. The van der Waals surface area contributed by atoms with E-state index in [0.29, 0.717) is 6.42 Å². The SMILES string of the molecule is CCC(C/C(N)=N/O)N[C@H](C)c1ccccn1. The Hall–Kier alpha value is -1.62. The van der Waals surface area contributed by atoms with E-state index in [1.165, 1.54) is 0 Å². The Kier molecular flexibility index (Phi) is 5.42. The lowest BCUT2D eigenvalue weighted by Crippen LogP contribution is -2.35. The van der Waals surface area contributed by atoms with Crippen LogP contribution in [0.3, 0.4) is 0 Å². The number of nitrogens with one attached hydrogen (secondary N) is 1. The number of oxime groups is 1. The third kappa shape index (κ3) is 4.40. The van der Waals surface area contributed by atoms with Crippen molar-refractivity contribution in [3.63, 3.8) is 0 Å². The first kappa shape index (κ1) is 13.4. The van der Waals surface area contributed by atoms with Crippen LogP contribution in [0.25, 0.3) is 0 Å². The number of pyridine rings is 1. The Morgan fingerprint density at radius 1 is 1.59 bits per heavy atom. The molecule has 1 aromatic heterocycles. The van der Waals surface area contributed by atoms with Crippen LogP contribution in [-0.4, -0.2) is 22.1 Å². The normalized spacial score (nSPS) is 15.5. The van der Waals surface area contributed by atoms with Crippen molar-refractivity contribution in [3.05, 3.63) is 30.1 Å². The standard InChI is InChI=1S/C12H20N4O/c1-3-10(8-12(13)16-17)15-9(2)11-6-4-5-7-14-11/h4-7,9-10,15,17H,3,8H2,1-2H3,(H2,13,16)/t9-,10?/m1/s1. The number of nitrogens with zero attached hydrogens (tertiary/aromatic N) is 2. The fraction of sp³-hybridized carbons (Fsp3) is 0.500. The van der Waals surface area contributed by atoms with Gasteiger partial charge < -0.3 is 16.3 Å². The molecule has 0 spiro atoms. The van der Waals surface area contributed by atoms with E-state index in [9.17, 15) is 0 Å². The molecule has 0 radical (unpaired) electrons. The van der Waals surface area contributed by atoms with E-state index in [1.54, 1.807) is 6.20 Å². The number of amidine groups is 1. The molecule has 1 unspecified atom stereocenters. The van der Waals surface area contributed by atoms with E-state index in [1.807, 2.05) is 18.2 Å². The van der Waals surface area contributed by atoms with Crippen LogP contribution in [-0.2, 0) is 0 Å². The maximum atomic E-state index is 8.55. The molecule has 0 fully saturated rings. The summed E-state index contributed by atoms with van der Waals surface area (Å²) in [6, 6.07) is 6.17. The van der Waals surface area contributed by atoms with E-state index in [0.717, 1.165) is 12.1 Å². The fourth-order valence-electron chi connectivity index (χ4n) is 1.69. The van der Waals surface area contributed by atoms with E-state index in [2.05, 4.69) is 29.3 Å². The maximum absolute atomic E-state index is 8.55. The highest BCUT2D eigenvalue weighted by Crippen LogP contribution is 2.11. The van der Waals surface area contributed by atoms with Crippen molar-refractivity contribution >= 4 is 5.84 Å². The van der Waals surface area contributed by atoms with Crippen LogP contribution >= 0.6 is 0 Å². The molecule has 0 amide bonds. The first-order chi connectivity index (χ1) is 8.17. The summed E-state index contributed by atoms with van der Waals surface area (Å²) in [5.74, 6) is 0.248. The number of nitrogens with two attached hydrogens (primary N) is 1. The Balaban J connectivity index is 2.57. The zero-order chi connectivity index (χ0) is 12.7. The maximum Gasteiger partial charge on any atom is 0.140 e. The van der Waals surface area contributed by atoms with Gasteiger partial charge in [0.15, 0.2) is 0 Å². The van der Waals surface area contributed by atoms with Gasteiger partial charge in [-0.1, -0.05) is 18.1 Å². The van der Waals surface area contributed by atoms with Crippen LogP contribution in [0, 0.1) is 0 Å². The quantitative estimate of drug-likeness (QED) is 0.303. The second-order valence-electron chi connectivity index (χ2n) is 4.04. The predicted octanol–water partition coefficient (Wildman–Crippen LogP) is 1.65.